The molecule has 6 heteroatoms. The maximum Gasteiger partial charge on any atom is 0.251 e. The Morgan fingerprint density at radius 3 is 2.33 bits per heavy atom. The lowest BCUT2D eigenvalue weighted by molar-refractivity contribution is -0.142. The third-order valence-electron chi connectivity index (χ3n) is 4.63. The number of hydrogen-bond acceptors (Lipinski definition) is 5. The Labute approximate surface area is 142 Å². The molecule has 3 rings (SSSR count). The van der Waals surface area contributed by atoms with Crippen LogP contribution >= 0.6 is 0 Å². The molecule has 2 saturated heterocycles. The smallest absolute Gasteiger partial charge is 0.251 e. The molecule has 1 unspecified atom stereocenters. The van der Waals surface area contributed by atoms with Crippen molar-refractivity contribution in [2.75, 3.05) is 33.9 Å². The van der Waals surface area contributed by atoms with Crippen LogP contribution in [0.2, 0.25) is 0 Å². The molecule has 2 aliphatic rings. The van der Waals surface area contributed by atoms with Crippen molar-refractivity contribution in [2.45, 2.75) is 37.9 Å². The summed E-state index contributed by atoms with van der Waals surface area (Å²) in [5.41, 5.74) is 0. The Balaban J connectivity index is 1.58. The Morgan fingerprint density at radius 2 is 1.79 bits per heavy atom. The first-order valence-electron chi connectivity index (χ1n) is 8.51. The van der Waals surface area contributed by atoms with Gasteiger partial charge in [-0.25, -0.2) is 0 Å². The summed E-state index contributed by atoms with van der Waals surface area (Å²) in [6, 6.07) is 5.58. The number of piperidine rings is 1. The maximum absolute atomic E-state index is 12.4. The highest BCUT2D eigenvalue weighted by Crippen LogP contribution is 2.38. The van der Waals surface area contributed by atoms with Crippen LogP contribution in [0.5, 0.6) is 17.2 Å². The number of carbonyl (C=O) groups excluding carboxylic acids is 1. The van der Waals surface area contributed by atoms with E-state index in [2.05, 4.69) is 0 Å². The van der Waals surface area contributed by atoms with Crippen LogP contribution in [-0.4, -0.2) is 56.9 Å². The maximum atomic E-state index is 12.4. The van der Waals surface area contributed by atoms with Crippen molar-refractivity contribution in [1.29, 1.82) is 0 Å². The van der Waals surface area contributed by atoms with E-state index in [1.54, 1.807) is 14.2 Å². The quantitative estimate of drug-likeness (QED) is 0.826. The van der Waals surface area contributed by atoms with Gasteiger partial charge in [0.2, 0.25) is 5.75 Å². The van der Waals surface area contributed by atoms with Crippen LogP contribution in [0, 0.1) is 0 Å². The highest BCUT2D eigenvalue weighted by atomic mass is 16.5. The molecule has 2 aliphatic heterocycles. The molecule has 2 fully saturated rings. The SMILES string of the molecule is COc1cccc(OC)c1OC1CCN(C(=O)C2CCCO2)CC1. The first kappa shape index (κ1) is 16.9. The lowest BCUT2D eigenvalue weighted by Crippen LogP contribution is -2.45. The number of hydrogen-bond donors (Lipinski definition) is 0. The van der Waals surface area contributed by atoms with Gasteiger partial charge in [0.1, 0.15) is 12.2 Å². The fourth-order valence-electron chi connectivity index (χ4n) is 3.27. The summed E-state index contributed by atoms with van der Waals surface area (Å²) in [6.45, 7) is 2.09. The van der Waals surface area contributed by atoms with Gasteiger partial charge in [-0.15, -0.1) is 0 Å². The summed E-state index contributed by atoms with van der Waals surface area (Å²) >= 11 is 0. The average molecular weight is 335 g/mol. The number of methoxy groups -OCH3 is 2. The molecule has 1 amide bonds. The Bertz CT molecular complexity index is 540. The number of para-hydroxylation sites is 1. The second-order valence-electron chi connectivity index (χ2n) is 6.14. The highest BCUT2D eigenvalue weighted by molar-refractivity contribution is 5.81. The normalized spacial score (nSPS) is 21.6. The first-order chi connectivity index (χ1) is 11.7. The zero-order valence-electron chi connectivity index (χ0n) is 14.3. The monoisotopic (exact) mass is 335 g/mol. The van der Waals surface area contributed by atoms with Crippen LogP contribution < -0.4 is 14.2 Å². The van der Waals surface area contributed by atoms with Crippen LogP contribution in [0.4, 0.5) is 0 Å². The molecule has 2 heterocycles. The number of carbonyl (C=O) groups is 1. The molecule has 0 aliphatic carbocycles. The first-order valence-corrected chi connectivity index (χ1v) is 8.51. The number of ether oxygens (including phenoxy) is 4. The van der Waals surface area contributed by atoms with Gasteiger partial charge >= 0.3 is 0 Å². The third kappa shape index (κ3) is 3.59. The standard InChI is InChI=1S/C18H25NO5/c1-21-14-5-3-6-15(22-2)17(14)24-13-8-10-19(11-9-13)18(20)16-7-4-12-23-16/h3,5-6,13,16H,4,7-12H2,1-2H3. The number of nitrogens with zero attached hydrogens (tertiary/aromatic N) is 1. The van der Waals surface area contributed by atoms with Crippen molar-refractivity contribution < 1.29 is 23.7 Å². The molecule has 0 radical (unpaired) electrons. The summed E-state index contributed by atoms with van der Waals surface area (Å²) in [6.07, 6.45) is 3.21. The van der Waals surface area contributed by atoms with Crippen molar-refractivity contribution in [3.05, 3.63) is 18.2 Å². The lowest BCUT2D eigenvalue weighted by Gasteiger charge is -2.33. The molecule has 1 aromatic carbocycles. The summed E-state index contributed by atoms with van der Waals surface area (Å²) in [5, 5.41) is 0. The van der Waals surface area contributed by atoms with Crippen molar-refractivity contribution in [2.24, 2.45) is 0 Å². The Kier molecular flexibility index (Phi) is 5.45. The molecular weight excluding hydrogens is 310 g/mol. The number of benzene rings is 1. The molecule has 0 saturated carbocycles. The van der Waals surface area contributed by atoms with Crippen LogP contribution in [0.3, 0.4) is 0 Å². The second-order valence-corrected chi connectivity index (χ2v) is 6.14. The van der Waals surface area contributed by atoms with Gasteiger partial charge < -0.3 is 23.8 Å². The van der Waals surface area contributed by atoms with E-state index in [0.717, 1.165) is 25.7 Å². The number of amides is 1. The van der Waals surface area contributed by atoms with Gasteiger partial charge in [-0.3, -0.25) is 4.79 Å². The average Bonchev–Trinajstić information content (AvgIpc) is 3.16. The van der Waals surface area contributed by atoms with E-state index in [1.165, 1.54) is 0 Å². The van der Waals surface area contributed by atoms with Crippen LogP contribution in [-0.2, 0) is 9.53 Å². The van der Waals surface area contributed by atoms with Crippen LogP contribution in [0.1, 0.15) is 25.7 Å². The summed E-state index contributed by atoms with van der Waals surface area (Å²) in [4.78, 5) is 14.3. The minimum absolute atomic E-state index is 0.0451. The third-order valence-corrected chi connectivity index (χ3v) is 4.63. The summed E-state index contributed by atoms with van der Waals surface area (Å²) < 4.78 is 22.4. The van der Waals surface area contributed by atoms with Crippen molar-refractivity contribution in [1.82, 2.24) is 4.90 Å². The minimum atomic E-state index is -0.239. The predicted octanol–water partition coefficient (Wildman–Crippen LogP) is 2.25. The predicted molar refractivity (Wildman–Crippen MR) is 88.8 cm³/mol. The summed E-state index contributed by atoms with van der Waals surface area (Å²) in [7, 11) is 3.23. The minimum Gasteiger partial charge on any atom is -0.493 e. The lowest BCUT2D eigenvalue weighted by atomic mass is 10.1. The van der Waals surface area contributed by atoms with E-state index >= 15 is 0 Å². The molecule has 6 nitrogen and oxygen atoms in total. The van der Waals surface area contributed by atoms with E-state index in [9.17, 15) is 4.79 Å². The molecular formula is C18H25NO5. The van der Waals surface area contributed by atoms with Gasteiger partial charge in [0.05, 0.1) is 14.2 Å². The molecule has 24 heavy (non-hydrogen) atoms. The van der Waals surface area contributed by atoms with Gasteiger partial charge in [0.15, 0.2) is 11.5 Å². The topological polar surface area (TPSA) is 57.2 Å². The Morgan fingerprint density at radius 1 is 1.12 bits per heavy atom. The fourth-order valence-corrected chi connectivity index (χ4v) is 3.27. The van der Waals surface area contributed by atoms with Gasteiger partial charge in [-0.05, 0) is 25.0 Å². The molecule has 1 atom stereocenters. The number of rotatable bonds is 5. The van der Waals surface area contributed by atoms with E-state index < -0.39 is 0 Å². The Hall–Kier alpha value is -1.95. The highest BCUT2D eigenvalue weighted by Gasteiger charge is 2.31. The molecule has 0 N–H and O–H groups in total. The molecule has 0 bridgehead atoms. The molecule has 1 aromatic rings. The van der Waals surface area contributed by atoms with Crippen LogP contribution in [0.15, 0.2) is 18.2 Å². The van der Waals surface area contributed by atoms with Gasteiger partial charge in [-0.1, -0.05) is 6.07 Å². The van der Waals surface area contributed by atoms with Gasteiger partial charge in [-0.2, -0.15) is 0 Å². The molecule has 0 aromatic heterocycles. The van der Waals surface area contributed by atoms with Gasteiger partial charge in [0.25, 0.3) is 5.91 Å². The summed E-state index contributed by atoms with van der Waals surface area (Å²) in [5.74, 6) is 2.08. The molecule has 0 spiro atoms. The largest absolute Gasteiger partial charge is 0.493 e. The number of likely N-dealkylation sites (tertiary alicyclic amines) is 1. The zero-order chi connectivity index (χ0) is 16.9. The van der Waals surface area contributed by atoms with E-state index in [0.29, 0.717) is 36.9 Å². The molecule has 132 valence electrons. The van der Waals surface area contributed by atoms with Crippen molar-refractivity contribution >= 4 is 5.91 Å². The zero-order valence-corrected chi connectivity index (χ0v) is 14.3. The van der Waals surface area contributed by atoms with Crippen molar-refractivity contribution in [3.8, 4) is 17.2 Å². The van der Waals surface area contributed by atoms with E-state index in [-0.39, 0.29) is 18.1 Å². The van der Waals surface area contributed by atoms with Crippen LogP contribution in [0.25, 0.3) is 0 Å². The second kappa shape index (κ2) is 7.75. The van der Waals surface area contributed by atoms with Gasteiger partial charge in [0, 0.05) is 32.5 Å². The van der Waals surface area contributed by atoms with Crippen molar-refractivity contribution in [3.63, 3.8) is 0 Å². The van der Waals surface area contributed by atoms with E-state index in [1.807, 2.05) is 23.1 Å². The fraction of sp³-hybridized carbons (Fsp3) is 0.611. The van der Waals surface area contributed by atoms with E-state index in [4.69, 9.17) is 18.9 Å².